The number of carbonyl (C=O) groups excluding carboxylic acids is 2. The van der Waals surface area contributed by atoms with Crippen LogP contribution < -0.4 is 15.5 Å². The van der Waals surface area contributed by atoms with Gasteiger partial charge in [-0.2, -0.15) is 5.10 Å². The number of guanidine groups is 1. The Kier molecular flexibility index (Phi) is 6.32. The summed E-state index contributed by atoms with van der Waals surface area (Å²) in [5, 5.41) is 19.4. The molecule has 3 N–H and O–H groups in total. The number of amides is 2. The lowest BCUT2D eigenvalue weighted by Crippen LogP contribution is -2.55. The molecule has 1 aliphatic rings. The fraction of sp³-hybridized carbons (Fsp3) is 0.368. The average molecular weight is 399 g/mol. The molecule has 0 atom stereocenters. The number of nitrogens with one attached hydrogen (secondary N) is 2. The number of aliphatic imine (C=N–C) groups is 1. The van der Waals surface area contributed by atoms with E-state index in [4.69, 9.17) is 0 Å². The van der Waals surface area contributed by atoms with Gasteiger partial charge >= 0.3 is 0 Å². The Morgan fingerprint density at radius 2 is 1.93 bits per heavy atom. The van der Waals surface area contributed by atoms with Crippen LogP contribution in [0.3, 0.4) is 0 Å². The molecule has 0 spiro atoms. The molecule has 2 amide bonds. The van der Waals surface area contributed by atoms with E-state index in [1.807, 2.05) is 18.1 Å². The number of hydrogen-bond donors (Lipinski definition) is 3. The molecule has 0 aliphatic carbocycles. The van der Waals surface area contributed by atoms with Crippen LogP contribution in [0.1, 0.15) is 10.4 Å². The maximum absolute atomic E-state index is 12.5. The van der Waals surface area contributed by atoms with Crippen molar-refractivity contribution in [1.82, 2.24) is 25.3 Å². The number of aromatic nitrogens is 2. The Bertz CT molecular complexity index is 891. The van der Waals surface area contributed by atoms with Gasteiger partial charge in [-0.3, -0.25) is 19.3 Å². The van der Waals surface area contributed by atoms with Crippen molar-refractivity contribution in [3.8, 4) is 5.75 Å². The Hall–Kier alpha value is -3.56. The number of aryl methyl sites for hydroxylation is 1. The van der Waals surface area contributed by atoms with Crippen molar-refractivity contribution < 1.29 is 14.7 Å². The molecule has 0 bridgehead atoms. The maximum Gasteiger partial charge on any atom is 0.251 e. The standard InChI is InChI=1S/C19H25N7O3/c1-20-19(22-8-7-21-18(29)14-3-5-16(27)6-4-14)25-9-10-26(17(28)13-25)15-11-23-24(2)12-15/h3-6,11-12,27H,7-10,13H2,1-2H3,(H,20,22)(H,21,29). The lowest BCUT2D eigenvalue weighted by atomic mass is 10.2. The minimum atomic E-state index is -0.220. The van der Waals surface area contributed by atoms with E-state index >= 15 is 0 Å². The van der Waals surface area contributed by atoms with E-state index in [2.05, 4.69) is 20.7 Å². The quantitative estimate of drug-likeness (QED) is 0.364. The van der Waals surface area contributed by atoms with Crippen LogP contribution in [0.5, 0.6) is 5.75 Å². The molecule has 2 aromatic rings. The number of hydrogen-bond acceptors (Lipinski definition) is 5. The van der Waals surface area contributed by atoms with Crippen molar-refractivity contribution in [3.05, 3.63) is 42.2 Å². The van der Waals surface area contributed by atoms with E-state index in [9.17, 15) is 14.7 Å². The summed E-state index contributed by atoms with van der Waals surface area (Å²) in [5.41, 5.74) is 1.27. The number of carbonyl (C=O) groups is 2. The van der Waals surface area contributed by atoms with E-state index in [1.54, 1.807) is 35.0 Å². The van der Waals surface area contributed by atoms with Gasteiger partial charge in [0.25, 0.3) is 5.91 Å². The minimum absolute atomic E-state index is 0.0205. The number of phenols is 1. The van der Waals surface area contributed by atoms with Crippen LogP contribution >= 0.6 is 0 Å². The molecule has 10 nitrogen and oxygen atoms in total. The monoisotopic (exact) mass is 399 g/mol. The fourth-order valence-corrected chi connectivity index (χ4v) is 3.07. The second-order valence-electron chi connectivity index (χ2n) is 6.62. The lowest BCUT2D eigenvalue weighted by molar-refractivity contribution is -0.120. The summed E-state index contributed by atoms with van der Waals surface area (Å²) < 4.78 is 1.67. The van der Waals surface area contributed by atoms with E-state index < -0.39 is 0 Å². The fourth-order valence-electron chi connectivity index (χ4n) is 3.07. The Labute approximate surface area is 168 Å². The molecule has 1 aliphatic heterocycles. The zero-order chi connectivity index (χ0) is 20.8. The number of anilines is 1. The molecule has 0 unspecified atom stereocenters. The first kappa shape index (κ1) is 20.2. The molecule has 29 heavy (non-hydrogen) atoms. The molecule has 1 saturated heterocycles. The molecule has 1 aromatic heterocycles. The smallest absolute Gasteiger partial charge is 0.251 e. The Morgan fingerprint density at radius 3 is 2.55 bits per heavy atom. The van der Waals surface area contributed by atoms with E-state index in [1.165, 1.54) is 12.1 Å². The Morgan fingerprint density at radius 1 is 1.21 bits per heavy atom. The number of phenolic OH excluding ortho intramolecular Hbond substituents is 1. The van der Waals surface area contributed by atoms with Gasteiger partial charge < -0.3 is 25.5 Å². The zero-order valence-electron chi connectivity index (χ0n) is 16.5. The van der Waals surface area contributed by atoms with E-state index in [-0.39, 0.29) is 24.1 Å². The number of piperazine rings is 1. The van der Waals surface area contributed by atoms with Crippen LogP contribution in [0, 0.1) is 0 Å². The van der Waals surface area contributed by atoms with Crippen molar-refractivity contribution in [2.75, 3.05) is 44.7 Å². The van der Waals surface area contributed by atoms with Gasteiger partial charge in [0.2, 0.25) is 5.91 Å². The summed E-state index contributed by atoms with van der Waals surface area (Å²) in [7, 11) is 3.48. The highest BCUT2D eigenvalue weighted by Gasteiger charge is 2.27. The second-order valence-corrected chi connectivity index (χ2v) is 6.62. The van der Waals surface area contributed by atoms with Crippen molar-refractivity contribution in [1.29, 1.82) is 0 Å². The van der Waals surface area contributed by atoms with Gasteiger partial charge in [0, 0.05) is 52.0 Å². The summed E-state index contributed by atoms with van der Waals surface area (Å²) in [6.45, 7) is 2.26. The first-order valence-electron chi connectivity index (χ1n) is 9.30. The summed E-state index contributed by atoms with van der Waals surface area (Å²) in [6, 6.07) is 6.06. The zero-order valence-corrected chi connectivity index (χ0v) is 16.5. The highest BCUT2D eigenvalue weighted by molar-refractivity contribution is 5.98. The van der Waals surface area contributed by atoms with Crippen molar-refractivity contribution in [3.63, 3.8) is 0 Å². The molecule has 2 heterocycles. The molecular formula is C19H25N7O3. The van der Waals surface area contributed by atoms with Crippen LogP contribution in [0.4, 0.5) is 5.69 Å². The molecule has 154 valence electrons. The summed E-state index contributed by atoms with van der Waals surface area (Å²) in [6.07, 6.45) is 3.49. The topological polar surface area (TPSA) is 115 Å². The summed E-state index contributed by atoms with van der Waals surface area (Å²) in [4.78, 5) is 32.4. The predicted molar refractivity (Wildman–Crippen MR) is 109 cm³/mol. The molecule has 1 fully saturated rings. The Balaban J connectivity index is 1.45. The third kappa shape index (κ3) is 5.03. The predicted octanol–water partition coefficient (Wildman–Crippen LogP) is -0.220. The molecule has 3 rings (SSSR count). The van der Waals surface area contributed by atoms with Crippen LogP contribution in [0.25, 0.3) is 0 Å². The number of nitrogens with zero attached hydrogens (tertiary/aromatic N) is 5. The third-order valence-electron chi connectivity index (χ3n) is 4.56. The van der Waals surface area contributed by atoms with Gasteiger partial charge in [0.1, 0.15) is 12.3 Å². The highest BCUT2D eigenvalue weighted by atomic mass is 16.3. The molecule has 0 saturated carbocycles. The molecular weight excluding hydrogens is 374 g/mol. The second kappa shape index (κ2) is 9.09. The van der Waals surface area contributed by atoms with Gasteiger partial charge in [-0.25, -0.2) is 0 Å². The number of benzene rings is 1. The van der Waals surface area contributed by atoms with E-state index in [0.717, 1.165) is 5.69 Å². The average Bonchev–Trinajstić information content (AvgIpc) is 3.14. The van der Waals surface area contributed by atoms with Gasteiger partial charge in [0.15, 0.2) is 5.96 Å². The van der Waals surface area contributed by atoms with Gasteiger partial charge in [-0.05, 0) is 24.3 Å². The van der Waals surface area contributed by atoms with Crippen LogP contribution in [-0.2, 0) is 11.8 Å². The van der Waals surface area contributed by atoms with E-state index in [0.29, 0.717) is 37.7 Å². The summed E-state index contributed by atoms with van der Waals surface area (Å²) >= 11 is 0. The highest BCUT2D eigenvalue weighted by Crippen LogP contribution is 2.16. The lowest BCUT2D eigenvalue weighted by Gasteiger charge is -2.35. The molecule has 0 radical (unpaired) electrons. The van der Waals surface area contributed by atoms with Gasteiger partial charge in [-0.15, -0.1) is 0 Å². The van der Waals surface area contributed by atoms with Crippen molar-refractivity contribution >= 4 is 23.5 Å². The third-order valence-corrected chi connectivity index (χ3v) is 4.56. The number of rotatable bonds is 5. The minimum Gasteiger partial charge on any atom is -0.508 e. The summed E-state index contributed by atoms with van der Waals surface area (Å²) in [5.74, 6) is 0.489. The first-order valence-corrected chi connectivity index (χ1v) is 9.30. The maximum atomic E-state index is 12.5. The normalized spacial score (nSPS) is 14.8. The largest absolute Gasteiger partial charge is 0.508 e. The van der Waals surface area contributed by atoms with Gasteiger partial charge in [0.05, 0.1) is 11.9 Å². The SMILES string of the molecule is CN=C(NCCNC(=O)c1ccc(O)cc1)N1CCN(c2cnn(C)c2)C(=O)C1. The van der Waals surface area contributed by atoms with Crippen molar-refractivity contribution in [2.45, 2.75) is 0 Å². The molecule has 1 aromatic carbocycles. The van der Waals surface area contributed by atoms with Gasteiger partial charge in [-0.1, -0.05) is 0 Å². The van der Waals surface area contributed by atoms with Crippen molar-refractivity contribution in [2.24, 2.45) is 12.0 Å². The first-order chi connectivity index (χ1) is 14.0. The van der Waals surface area contributed by atoms with Crippen LogP contribution in [0.15, 0.2) is 41.7 Å². The van der Waals surface area contributed by atoms with Crippen LogP contribution in [-0.4, -0.2) is 77.3 Å². The molecule has 10 heteroatoms. The van der Waals surface area contributed by atoms with Crippen LogP contribution in [0.2, 0.25) is 0 Å². The number of aromatic hydroxyl groups is 1.